The molecule has 0 aliphatic carbocycles. The van der Waals surface area contributed by atoms with Crippen molar-refractivity contribution in [3.8, 4) is 5.75 Å². The van der Waals surface area contributed by atoms with Crippen molar-refractivity contribution in [2.75, 3.05) is 31.3 Å². The zero-order valence-electron chi connectivity index (χ0n) is 16.9. The van der Waals surface area contributed by atoms with Crippen molar-refractivity contribution in [1.82, 2.24) is 10.2 Å². The minimum Gasteiger partial charge on any atom is -0.491 e. The summed E-state index contributed by atoms with van der Waals surface area (Å²) < 4.78 is 34.6. The Kier molecular flexibility index (Phi) is 6.29. The molecule has 8 nitrogen and oxygen atoms in total. The normalized spacial score (nSPS) is 28.1. The summed E-state index contributed by atoms with van der Waals surface area (Å²) in [6.07, 6.45) is 2.88. The van der Waals surface area contributed by atoms with Gasteiger partial charge in [-0.05, 0) is 37.0 Å². The van der Waals surface area contributed by atoms with Crippen LogP contribution in [-0.4, -0.2) is 68.5 Å². The van der Waals surface area contributed by atoms with Crippen molar-refractivity contribution in [3.05, 3.63) is 29.8 Å². The average Bonchev–Trinajstić information content (AvgIpc) is 3.45. The third-order valence-electron chi connectivity index (χ3n) is 6.03. The second-order valence-corrected chi connectivity index (χ2v) is 10.5. The monoisotopic (exact) mass is 436 g/mol. The first-order chi connectivity index (χ1) is 14.4. The fourth-order valence-corrected chi connectivity index (χ4v) is 6.01. The molecule has 164 valence electrons. The number of nitrogens with one attached hydrogen (secondary N) is 1. The molecule has 0 spiro atoms. The van der Waals surface area contributed by atoms with Crippen molar-refractivity contribution < 1.29 is 27.5 Å². The number of sulfone groups is 1. The molecule has 3 aliphatic heterocycles. The van der Waals surface area contributed by atoms with Crippen molar-refractivity contribution >= 4 is 21.7 Å². The van der Waals surface area contributed by atoms with Gasteiger partial charge >= 0.3 is 0 Å². The van der Waals surface area contributed by atoms with E-state index in [0.717, 1.165) is 30.8 Å². The van der Waals surface area contributed by atoms with E-state index in [2.05, 4.69) is 5.32 Å². The molecular weight excluding hydrogens is 408 g/mol. The van der Waals surface area contributed by atoms with E-state index in [1.165, 1.54) is 0 Å². The van der Waals surface area contributed by atoms with Gasteiger partial charge in [-0.15, -0.1) is 0 Å². The highest BCUT2D eigenvalue weighted by Crippen LogP contribution is 2.26. The minimum atomic E-state index is -3.06. The highest BCUT2D eigenvalue weighted by Gasteiger charge is 2.41. The molecule has 0 saturated carbocycles. The molecule has 0 bridgehead atoms. The number of hydrogen-bond donors (Lipinski definition) is 1. The zero-order valence-corrected chi connectivity index (χ0v) is 17.7. The number of likely N-dealkylation sites (tertiary alicyclic amines) is 1. The SMILES string of the molecule is O=C(NCc1ccc(OC[C@@H]2CCCO2)cc1)[C@@H]1CC(=O)N([C@H]2CCS(=O)(=O)C2)C1. The molecule has 1 aromatic rings. The van der Waals surface area contributed by atoms with E-state index in [4.69, 9.17) is 9.47 Å². The van der Waals surface area contributed by atoms with E-state index < -0.39 is 15.8 Å². The van der Waals surface area contributed by atoms with Gasteiger partial charge in [-0.1, -0.05) is 12.1 Å². The van der Waals surface area contributed by atoms with Crippen LogP contribution in [0.25, 0.3) is 0 Å². The van der Waals surface area contributed by atoms with Gasteiger partial charge in [-0.2, -0.15) is 0 Å². The van der Waals surface area contributed by atoms with Crippen LogP contribution in [-0.2, 0) is 30.7 Å². The van der Waals surface area contributed by atoms with Crippen LogP contribution >= 0.6 is 0 Å². The van der Waals surface area contributed by atoms with E-state index in [1.807, 2.05) is 24.3 Å². The Bertz CT molecular complexity index is 879. The summed E-state index contributed by atoms with van der Waals surface area (Å²) in [4.78, 5) is 26.4. The van der Waals surface area contributed by atoms with Gasteiger partial charge in [0.15, 0.2) is 9.84 Å². The Morgan fingerprint density at radius 1 is 1.23 bits per heavy atom. The fraction of sp³-hybridized carbons (Fsp3) is 0.619. The Morgan fingerprint density at radius 3 is 2.70 bits per heavy atom. The molecule has 4 rings (SSSR count). The van der Waals surface area contributed by atoms with Crippen LogP contribution in [0.3, 0.4) is 0 Å². The van der Waals surface area contributed by atoms with Gasteiger partial charge < -0.3 is 19.7 Å². The summed E-state index contributed by atoms with van der Waals surface area (Å²) in [5, 5.41) is 2.89. The highest BCUT2D eigenvalue weighted by molar-refractivity contribution is 7.91. The Hall–Kier alpha value is -2.13. The van der Waals surface area contributed by atoms with Gasteiger partial charge in [-0.25, -0.2) is 8.42 Å². The molecule has 2 amide bonds. The van der Waals surface area contributed by atoms with Crippen LogP contribution in [0.2, 0.25) is 0 Å². The number of carbonyl (C=O) groups is 2. The molecule has 30 heavy (non-hydrogen) atoms. The molecule has 3 fully saturated rings. The first kappa shape index (κ1) is 21.1. The number of amides is 2. The number of hydrogen-bond acceptors (Lipinski definition) is 6. The number of benzene rings is 1. The van der Waals surface area contributed by atoms with Crippen LogP contribution in [0, 0.1) is 5.92 Å². The predicted molar refractivity (Wildman–Crippen MR) is 110 cm³/mol. The van der Waals surface area contributed by atoms with Crippen LogP contribution in [0.1, 0.15) is 31.2 Å². The Morgan fingerprint density at radius 2 is 2.03 bits per heavy atom. The number of carbonyl (C=O) groups excluding carboxylic acids is 2. The maximum Gasteiger partial charge on any atom is 0.225 e. The molecule has 0 radical (unpaired) electrons. The molecule has 0 aromatic heterocycles. The highest BCUT2D eigenvalue weighted by atomic mass is 32.2. The van der Waals surface area contributed by atoms with Crippen LogP contribution in [0.5, 0.6) is 5.75 Å². The van der Waals surface area contributed by atoms with E-state index in [0.29, 0.717) is 26.1 Å². The van der Waals surface area contributed by atoms with E-state index in [9.17, 15) is 18.0 Å². The largest absolute Gasteiger partial charge is 0.491 e. The van der Waals surface area contributed by atoms with E-state index >= 15 is 0 Å². The fourth-order valence-electron chi connectivity index (χ4n) is 4.28. The van der Waals surface area contributed by atoms with E-state index in [1.54, 1.807) is 4.90 Å². The summed E-state index contributed by atoms with van der Waals surface area (Å²) in [5.74, 6) is 0.148. The smallest absolute Gasteiger partial charge is 0.225 e. The third-order valence-corrected chi connectivity index (χ3v) is 7.78. The lowest BCUT2D eigenvalue weighted by Crippen LogP contribution is -2.39. The number of nitrogens with zero attached hydrogens (tertiary/aromatic N) is 1. The van der Waals surface area contributed by atoms with Gasteiger partial charge in [0.25, 0.3) is 0 Å². The van der Waals surface area contributed by atoms with E-state index in [-0.39, 0.29) is 41.9 Å². The standard InChI is InChI=1S/C21H28N2O6S/c24-20-10-16(12-23(20)17-7-9-30(26,27)14-17)21(25)22-11-15-3-5-18(6-4-15)29-13-19-2-1-8-28-19/h3-6,16-17,19H,1-2,7-14H2,(H,22,25)/t16-,17+,19+/m1/s1. The molecule has 1 aromatic carbocycles. The summed E-state index contributed by atoms with van der Waals surface area (Å²) in [5.41, 5.74) is 0.941. The lowest BCUT2D eigenvalue weighted by molar-refractivity contribution is -0.130. The molecular formula is C21H28N2O6S. The lowest BCUT2D eigenvalue weighted by Gasteiger charge is -2.22. The van der Waals surface area contributed by atoms with Crippen molar-refractivity contribution in [2.24, 2.45) is 5.92 Å². The molecule has 0 unspecified atom stereocenters. The first-order valence-corrected chi connectivity index (χ1v) is 12.3. The molecule has 3 atom stereocenters. The molecule has 3 heterocycles. The third kappa shape index (κ3) is 5.13. The second kappa shape index (κ2) is 8.93. The average molecular weight is 437 g/mol. The van der Waals surface area contributed by atoms with Gasteiger partial charge in [0.1, 0.15) is 12.4 Å². The molecule has 3 saturated heterocycles. The number of ether oxygens (including phenoxy) is 2. The van der Waals surface area contributed by atoms with Crippen molar-refractivity contribution in [1.29, 1.82) is 0 Å². The Balaban J connectivity index is 1.23. The maximum atomic E-state index is 12.5. The van der Waals surface area contributed by atoms with Gasteiger partial charge in [0, 0.05) is 32.2 Å². The van der Waals surface area contributed by atoms with Crippen molar-refractivity contribution in [2.45, 2.75) is 44.4 Å². The Labute approximate surface area is 176 Å². The molecule has 9 heteroatoms. The van der Waals surface area contributed by atoms with Crippen LogP contribution in [0.4, 0.5) is 0 Å². The predicted octanol–water partition coefficient (Wildman–Crippen LogP) is 0.896. The van der Waals surface area contributed by atoms with Gasteiger partial charge in [-0.3, -0.25) is 9.59 Å². The molecule has 3 aliphatic rings. The topological polar surface area (TPSA) is 102 Å². The molecule has 1 N–H and O–H groups in total. The van der Waals surface area contributed by atoms with Gasteiger partial charge in [0.2, 0.25) is 11.8 Å². The quantitative estimate of drug-likeness (QED) is 0.681. The summed E-state index contributed by atoms with van der Waals surface area (Å²) in [7, 11) is -3.06. The second-order valence-electron chi connectivity index (χ2n) is 8.31. The zero-order chi connectivity index (χ0) is 21.1. The summed E-state index contributed by atoms with van der Waals surface area (Å²) in [6, 6.07) is 7.26. The van der Waals surface area contributed by atoms with Crippen molar-refractivity contribution in [3.63, 3.8) is 0 Å². The minimum absolute atomic E-state index is 0.00830. The van der Waals surface area contributed by atoms with Crippen LogP contribution in [0.15, 0.2) is 24.3 Å². The lowest BCUT2D eigenvalue weighted by atomic mass is 10.1. The maximum absolute atomic E-state index is 12.5. The van der Waals surface area contributed by atoms with Gasteiger partial charge in [0.05, 0.1) is 23.5 Å². The summed E-state index contributed by atoms with van der Waals surface area (Å²) >= 11 is 0. The summed E-state index contributed by atoms with van der Waals surface area (Å²) in [6.45, 7) is 2.01. The van der Waals surface area contributed by atoms with Crippen LogP contribution < -0.4 is 10.1 Å². The first-order valence-electron chi connectivity index (χ1n) is 10.5. The number of rotatable bonds is 7.